The van der Waals surface area contributed by atoms with Crippen molar-refractivity contribution in [2.45, 2.75) is 25.9 Å². The fraction of sp³-hybridized carbons (Fsp3) is 0.500. The van der Waals surface area contributed by atoms with Gasteiger partial charge in [0.25, 0.3) is 5.91 Å². The van der Waals surface area contributed by atoms with Crippen molar-refractivity contribution in [3.8, 4) is 11.5 Å². The Morgan fingerprint density at radius 2 is 1.95 bits per heavy atom. The number of rotatable bonds is 6. The van der Waals surface area contributed by atoms with E-state index in [1.165, 1.54) is 7.11 Å². The molecule has 0 fully saturated rings. The minimum atomic E-state index is -0.856. The largest absolute Gasteiger partial charge is 0.497 e. The molecule has 19 heavy (non-hydrogen) atoms. The molecule has 0 saturated heterocycles. The highest BCUT2D eigenvalue weighted by molar-refractivity contribution is 5.98. The fourth-order valence-electron chi connectivity index (χ4n) is 1.55. The second-order valence-electron chi connectivity index (χ2n) is 4.31. The zero-order chi connectivity index (χ0) is 14.5. The van der Waals surface area contributed by atoms with Crippen LogP contribution in [0.5, 0.6) is 11.5 Å². The molecule has 0 bridgehead atoms. The molecule has 5 nitrogen and oxygen atoms in total. The Labute approximate surface area is 113 Å². The van der Waals surface area contributed by atoms with Gasteiger partial charge in [-0.3, -0.25) is 4.79 Å². The Bertz CT molecular complexity index is 441. The molecule has 1 aromatic rings. The van der Waals surface area contributed by atoms with Crippen molar-refractivity contribution in [1.82, 2.24) is 0 Å². The minimum Gasteiger partial charge on any atom is -0.497 e. The number of hydrogen-bond donors (Lipinski definition) is 1. The average molecular weight is 267 g/mol. The van der Waals surface area contributed by atoms with Crippen molar-refractivity contribution in [3.05, 3.63) is 18.2 Å². The summed E-state index contributed by atoms with van der Waals surface area (Å²) in [4.78, 5) is 12.2. The molecule has 0 heterocycles. The van der Waals surface area contributed by atoms with Gasteiger partial charge < -0.3 is 19.5 Å². The van der Waals surface area contributed by atoms with Crippen LogP contribution < -0.4 is 14.8 Å². The van der Waals surface area contributed by atoms with Gasteiger partial charge in [0.05, 0.1) is 19.9 Å². The third-order valence-corrected chi connectivity index (χ3v) is 3.26. The lowest BCUT2D eigenvalue weighted by Crippen LogP contribution is -2.41. The molecule has 0 aromatic heterocycles. The molecule has 0 radical (unpaired) electrons. The molecule has 0 aliphatic carbocycles. The van der Waals surface area contributed by atoms with Gasteiger partial charge in [-0.05, 0) is 25.5 Å². The molecule has 0 saturated carbocycles. The standard InChI is InChI=1S/C14H21NO4/c1-6-14(2,19-5)13(16)15-11-8-7-10(17-3)9-12(11)18-4/h7-9H,6H2,1-5H3,(H,15,16). The molecule has 1 amide bonds. The molecule has 0 aliphatic heterocycles. The molecule has 1 N–H and O–H groups in total. The fourth-order valence-corrected chi connectivity index (χ4v) is 1.55. The number of methoxy groups -OCH3 is 3. The number of carbonyl (C=O) groups excluding carboxylic acids is 1. The van der Waals surface area contributed by atoms with Gasteiger partial charge in [0.1, 0.15) is 17.1 Å². The van der Waals surface area contributed by atoms with Gasteiger partial charge in [-0.1, -0.05) is 6.92 Å². The van der Waals surface area contributed by atoms with E-state index in [2.05, 4.69) is 5.32 Å². The number of nitrogens with one attached hydrogen (secondary N) is 1. The third kappa shape index (κ3) is 3.38. The van der Waals surface area contributed by atoms with Crippen LogP contribution in [0.4, 0.5) is 5.69 Å². The van der Waals surface area contributed by atoms with Gasteiger partial charge in [0.15, 0.2) is 0 Å². The van der Waals surface area contributed by atoms with Crippen molar-refractivity contribution >= 4 is 11.6 Å². The summed E-state index contributed by atoms with van der Waals surface area (Å²) < 4.78 is 15.6. The first-order chi connectivity index (χ1) is 9.00. The van der Waals surface area contributed by atoms with Crippen molar-refractivity contribution in [3.63, 3.8) is 0 Å². The lowest BCUT2D eigenvalue weighted by molar-refractivity contribution is -0.136. The van der Waals surface area contributed by atoms with Gasteiger partial charge in [-0.15, -0.1) is 0 Å². The van der Waals surface area contributed by atoms with Crippen molar-refractivity contribution in [2.24, 2.45) is 0 Å². The van der Waals surface area contributed by atoms with Crippen LogP contribution in [-0.2, 0) is 9.53 Å². The molecule has 1 aromatic carbocycles. The predicted octanol–water partition coefficient (Wildman–Crippen LogP) is 2.46. The van der Waals surface area contributed by atoms with Gasteiger partial charge in [0, 0.05) is 13.2 Å². The number of ether oxygens (including phenoxy) is 3. The number of anilines is 1. The summed E-state index contributed by atoms with van der Waals surface area (Å²) in [6.07, 6.45) is 0.577. The summed E-state index contributed by atoms with van der Waals surface area (Å²) in [7, 11) is 4.64. The maximum absolute atomic E-state index is 12.2. The van der Waals surface area contributed by atoms with E-state index in [0.717, 1.165) is 0 Å². The van der Waals surface area contributed by atoms with Crippen LogP contribution in [0, 0.1) is 0 Å². The molecular weight excluding hydrogens is 246 g/mol. The van der Waals surface area contributed by atoms with E-state index < -0.39 is 5.60 Å². The van der Waals surface area contributed by atoms with Crippen LogP contribution >= 0.6 is 0 Å². The molecule has 0 aliphatic rings. The van der Waals surface area contributed by atoms with Crippen LogP contribution in [-0.4, -0.2) is 32.8 Å². The predicted molar refractivity (Wildman–Crippen MR) is 73.9 cm³/mol. The summed E-state index contributed by atoms with van der Waals surface area (Å²) in [6, 6.07) is 5.21. The van der Waals surface area contributed by atoms with E-state index in [1.807, 2.05) is 6.92 Å². The number of hydrogen-bond acceptors (Lipinski definition) is 4. The van der Waals surface area contributed by atoms with Crippen molar-refractivity contribution < 1.29 is 19.0 Å². The lowest BCUT2D eigenvalue weighted by Gasteiger charge is -2.25. The maximum Gasteiger partial charge on any atom is 0.256 e. The zero-order valence-corrected chi connectivity index (χ0v) is 12.1. The number of amides is 1. The second kappa shape index (κ2) is 6.43. The van der Waals surface area contributed by atoms with Crippen molar-refractivity contribution in [1.29, 1.82) is 0 Å². The summed E-state index contributed by atoms with van der Waals surface area (Å²) in [5.74, 6) is 1.00. The van der Waals surface area contributed by atoms with Crippen LogP contribution in [0.15, 0.2) is 18.2 Å². The van der Waals surface area contributed by atoms with E-state index >= 15 is 0 Å². The number of benzene rings is 1. The summed E-state index contributed by atoms with van der Waals surface area (Å²) in [6.45, 7) is 3.65. The van der Waals surface area contributed by atoms with Gasteiger partial charge in [-0.2, -0.15) is 0 Å². The van der Waals surface area contributed by atoms with E-state index in [1.54, 1.807) is 39.3 Å². The van der Waals surface area contributed by atoms with Crippen LogP contribution in [0.25, 0.3) is 0 Å². The lowest BCUT2D eigenvalue weighted by atomic mass is 10.0. The first kappa shape index (κ1) is 15.3. The average Bonchev–Trinajstić information content (AvgIpc) is 2.46. The highest BCUT2D eigenvalue weighted by atomic mass is 16.5. The molecule has 0 spiro atoms. The molecule has 5 heteroatoms. The summed E-state index contributed by atoms with van der Waals surface area (Å²) in [5.41, 5.74) is -0.268. The van der Waals surface area contributed by atoms with Crippen LogP contribution in [0.2, 0.25) is 0 Å². The SMILES string of the molecule is CCC(C)(OC)C(=O)Nc1ccc(OC)cc1OC. The topological polar surface area (TPSA) is 56.8 Å². The minimum absolute atomic E-state index is 0.207. The second-order valence-corrected chi connectivity index (χ2v) is 4.31. The van der Waals surface area contributed by atoms with Crippen LogP contribution in [0.1, 0.15) is 20.3 Å². The molecule has 106 valence electrons. The Hall–Kier alpha value is -1.75. The van der Waals surface area contributed by atoms with Gasteiger partial charge in [0.2, 0.25) is 0 Å². The first-order valence-electron chi connectivity index (χ1n) is 6.09. The molecule has 1 atom stereocenters. The normalized spacial score (nSPS) is 13.5. The molecular formula is C14H21NO4. The molecule has 1 rings (SSSR count). The third-order valence-electron chi connectivity index (χ3n) is 3.26. The van der Waals surface area contributed by atoms with Gasteiger partial charge >= 0.3 is 0 Å². The Morgan fingerprint density at radius 1 is 1.26 bits per heavy atom. The zero-order valence-electron chi connectivity index (χ0n) is 12.1. The Morgan fingerprint density at radius 3 is 2.42 bits per heavy atom. The Kier molecular flexibility index (Phi) is 5.18. The Balaban J connectivity index is 2.96. The highest BCUT2D eigenvalue weighted by Crippen LogP contribution is 2.30. The smallest absolute Gasteiger partial charge is 0.256 e. The summed E-state index contributed by atoms with van der Waals surface area (Å²) in [5, 5.41) is 2.81. The van der Waals surface area contributed by atoms with Gasteiger partial charge in [-0.25, -0.2) is 0 Å². The number of carbonyl (C=O) groups is 1. The highest BCUT2D eigenvalue weighted by Gasteiger charge is 2.31. The van der Waals surface area contributed by atoms with E-state index in [0.29, 0.717) is 23.6 Å². The quantitative estimate of drug-likeness (QED) is 0.860. The monoisotopic (exact) mass is 267 g/mol. The van der Waals surface area contributed by atoms with E-state index in [9.17, 15) is 4.79 Å². The van der Waals surface area contributed by atoms with E-state index in [-0.39, 0.29) is 5.91 Å². The van der Waals surface area contributed by atoms with Crippen molar-refractivity contribution in [2.75, 3.05) is 26.6 Å². The summed E-state index contributed by atoms with van der Waals surface area (Å²) >= 11 is 0. The first-order valence-corrected chi connectivity index (χ1v) is 6.09. The van der Waals surface area contributed by atoms with Crippen LogP contribution in [0.3, 0.4) is 0 Å². The molecule has 1 unspecified atom stereocenters. The maximum atomic E-state index is 12.2. The van der Waals surface area contributed by atoms with E-state index in [4.69, 9.17) is 14.2 Å².